The van der Waals surface area contributed by atoms with E-state index in [2.05, 4.69) is 21.6 Å². The smallest absolute Gasteiger partial charge is 0.205 e. The zero-order valence-electron chi connectivity index (χ0n) is 10.6. The van der Waals surface area contributed by atoms with Gasteiger partial charge in [0.1, 0.15) is 5.82 Å². The second-order valence-electron chi connectivity index (χ2n) is 4.13. The molecule has 3 rings (SSSR count). The van der Waals surface area contributed by atoms with E-state index >= 15 is 0 Å². The van der Waals surface area contributed by atoms with Crippen molar-refractivity contribution in [2.45, 2.75) is 0 Å². The van der Waals surface area contributed by atoms with E-state index in [1.165, 1.54) is 11.3 Å². The Balaban J connectivity index is 1.73. The van der Waals surface area contributed by atoms with Crippen molar-refractivity contribution in [3.63, 3.8) is 0 Å². The number of thiazole rings is 1. The van der Waals surface area contributed by atoms with Gasteiger partial charge in [0, 0.05) is 23.5 Å². The van der Waals surface area contributed by atoms with Crippen molar-refractivity contribution in [3.05, 3.63) is 59.7 Å². The standard InChI is InChI=1S/C14H13N5S/c15-13-10-20-14(17-13)18-16-9-11-4-3-5-12(8-11)19-6-1-2-7-19/h1-10H,15H2,(H,17,18). The monoisotopic (exact) mass is 283 g/mol. The number of anilines is 2. The van der Waals surface area contributed by atoms with Gasteiger partial charge >= 0.3 is 0 Å². The molecule has 0 saturated heterocycles. The molecule has 5 nitrogen and oxygen atoms in total. The van der Waals surface area contributed by atoms with E-state index in [9.17, 15) is 0 Å². The third-order valence-corrected chi connectivity index (χ3v) is 3.43. The van der Waals surface area contributed by atoms with E-state index in [4.69, 9.17) is 5.73 Å². The van der Waals surface area contributed by atoms with Crippen LogP contribution in [-0.2, 0) is 0 Å². The van der Waals surface area contributed by atoms with Gasteiger partial charge < -0.3 is 10.3 Å². The molecule has 20 heavy (non-hydrogen) atoms. The molecule has 3 N–H and O–H groups in total. The van der Waals surface area contributed by atoms with Crippen molar-refractivity contribution in [2.75, 3.05) is 11.2 Å². The van der Waals surface area contributed by atoms with Crippen LogP contribution in [0.2, 0.25) is 0 Å². The largest absolute Gasteiger partial charge is 0.383 e. The van der Waals surface area contributed by atoms with Crippen LogP contribution in [0.1, 0.15) is 5.56 Å². The topological polar surface area (TPSA) is 68.2 Å². The lowest BCUT2D eigenvalue weighted by atomic mass is 10.2. The number of hydrogen-bond donors (Lipinski definition) is 2. The highest BCUT2D eigenvalue weighted by atomic mass is 32.1. The zero-order chi connectivity index (χ0) is 13.8. The molecule has 0 atom stereocenters. The summed E-state index contributed by atoms with van der Waals surface area (Å²) in [7, 11) is 0. The van der Waals surface area contributed by atoms with Crippen molar-refractivity contribution in [3.8, 4) is 5.69 Å². The molecule has 1 aromatic carbocycles. The molecule has 0 saturated carbocycles. The van der Waals surface area contributed by atoms with Crippen molar-refractivity contribution in [1.29, 1.82) is 0 Å². The first-order valence-electron chi connectivity index (χ1n) is 6.05. The number of hydrogen-bond acceptors (Lipinski definition) is 5. The van der Waals surface area contributed by atoms with Crippen molar-refractivity contribution >= 4 is 28.5 Å². The maximum Gasteiger partial charge on any atom is 0.205 e. The highest BCUT2D eigenvalue weighted by Gasteiger charge is 1.97. The van der Waals surface area contributed by atoms with Gasteiger partial charge in [-0.2, -0.15) is 5.10 Å². The number of nitrogen functional groups attached to an aromatic ring is 1. The summed E-state index contributed by atoms with van der Waals surface area (Å²) in [5.74, 6) is 0.502. The first kappa shape index (κ1) is 12.4. The molecule has 100 valence electrons. The Hall–Kier alpha value is -2.60. The van der Waals surface area contributed by atoms with Crippen LogP contribution in [0.4, 0.5) is 10.9 Å². The summed E-state index contributed by atoms with van der Waals surface area (Å²) in [4.78, 5) is 4.07. The van der Waals surface area contributed by atoms with Gasteiger partial charge in [0.25, 0.3) is 0 Å². The molecule has 0 spiro atoms. The number of benzene rings is 1. The molecule has 0 amide bonds. The molecule has 6 heteroatoms. The van der Waals surface area contributed by atoms with Gasteiger partial charge in [0.2, 0.25) is 5.13 Å². The molecule has 0 unspecified atom stereocenters. The molecule has 0 aliphatic rings. The second-order valence-corrected chi connectivity index (χ2v) is 4.99. The molecule has 2 heterocycles. The Morgan fingerprint density at radius 1 is 1.25 bits per heavy atom. The summed E-state index contributed by atoms with van der Waals surface area (Å²) >= 11 is 1.42. The number of nitrogens with one attached hydrogen (secondary N) is 1. The van der Waals surface area contributed by atoms with E-state index in [0.29, 0.717) is 10.9 Å². The van der Waals surface area contributed by atoms with E-state index in [-0.39, 0.29) is 0 Å². The van der Waals surface area contributed by atoms with Crippen LogP contribution in [-0.4, -0.2) is 15.8 Å². The Bertz CT molecular complexity index is 715. The van der Waals surface area contributed by atoms with Crippen molar-refractivity contribution in [1.82, 2.24) is 9.55 Å². The lowest BCUT2D eigenvalue weighted by molar-refractivity contribution is 1.08. The SMILES string of the molecule is Nc1csc(NN=Cc2cccc(-n3cccc3)c2)n1. The molecule has 0 aliphatic carbocycles. The van der Waals surface area contributed by atoms with Crippen LogP contribution in [0.3, 0.4) is 0 Å². The van der Waals surface area contributed by atoms with Crippen LogP contribution in [0, 0.1) is 0 Å². The molecule has 0 radical (unpaired) electrons. The fourth-order valence-corrected chi connectivity index (χ4v) is 2.32. The molecule has 0 bridgehead atoms. The van der Waals surface area contributed by atoms with Gasteiger partial charge in [0.05, 0.1) is 6.21 Å². The molecular weight excluding hydrogens is 270 g/mol. The fourth-order valence-electron chi connectivity index (χ4n) is 1.77. The number of aromatic nitrogens is 2. The first-order chi connectivity index (χ1) is 9.81. The fraction of sp³-hybridized carbons (Fsp3) is 0. The molecule has 3 aromatic rings. The summed E-state index contributed by atoms with van der Waals surface area (Å²) in [6, 6.07) is 12.1. The van der Waals surface area contributed by atoms with Gasteiger partial charge in [-0.05, 0) is 29.8 Å². The Morgan fingerprint density at radius 2 is 2.10 bits per heavy atom. The maximum atomic E-state index is 5.54. The van der Waals surface area contributed by atoms with Crippen LogP contribution >= 0.6 is 11.3 Å². The molecule has 0 fully saturated rings. The maximum absolute atomic E-state index is 5.54. The summed E-state index contributed by atoms with van der Waals surface area (Å²) in [5.41, 5.74) is 10.5. The van der Waals surface area contributed by atoms with E-state index in [1.54, 1.807) is 11.6 Å². The summed E-state index contributed by atoms with van der Waals surface area (Å²) in [6.45, 7) is 0. The van der Waals surface area contributed by atoms with Crippen LogP contribution < -0.4 is 11.2 Å². The minimum Gasteiger partial charge on any atom is -0.383 e. The van der Waals surface area contributed by atoms with Crippen LogP contribution in [0.5, 0.6) is 0 Å². The predicted molar refractivity (Wildman–Crippen MR) is 83.5 cm³/mol. The Kier molecular flexibility index (Phi) is 3.47. The highest BCUT2D eigenvalue weighted by molar-refractivity contribution is 7.14. The number of rotatable bonds is 4. The lowest BCUT2D eigenvalue weighted by Gasteiger charge is -2.03. The van der Waals surface area contributed by atoms with Gasteiger partial charge in [-0.1, -0.05) is 12.1 Å². The summed E-state index contributed by atoms with van der Waals surface area (Å²) in [6.07, 6.45) is 5.77. The Morgan fingerprint density at radius 3 is 2.85 bits per heavy atom. The van der Waals surface area contributed by atoms with Crippen LogP contribution in [0.25, 0.3) is 5.69 Å². The van der Waals surface area contributed by atoms with E-state index < -0.39 is 0 Å². The van der Waals surface area contributed by atoms with Crippen LogP contribution in [0.15, 0.2) is 59.3 Å². The lowest BCUT2D eigenvalue weighted by Crippen LogP contribution is -1.93. The first-order valence-corrected chi connectivity index (χ1v) is 6.93. The number of nitrogens with two attached hydrogens (primary N) is 1. The molecule has 2 aromatic heterocycles. The van der Waals surface area contributed by atoms with Crippen molar-refractivity contribution in [2.24, 2.45) is 5.10 Å². The number of hydrazone groups is 1. The molecular formula is C14H13N5S. The third-order valence-electron chi connectivity index (χ3n) is 2.67. The normalized spacial score (nSPS) is 11.0. The minimum absolute atomic E-state index is 0.502. The third kappa shape index (κ3) is 2.86. The zero-order valence-corrected chi connectivity index (χ0v) is 11.4. The minimum atomic E-state index is 0.502. The highest BCUT2D eigenvalue weighted by Crippen LogP contribution is 2.16. The molecule has 0 aliphatic heterocycles. The van der Waals surface area contributed by atoms with Gasteiger partial charge in [-0.15, -0.1) is 11.3 Å². The van der Waals surface area contributed by atoms with E-state index in [1.807, 2.05) is 47.3 Å². The van der Waals surface area contributed by atoms with E-state index in [0.717, 1.165) is 11.3 Å². The average molecular weight is 283 g/mol. The summed E-state index contributed by atoms with van der Waals surface area (Å²) in [5, 5.41) is 6.60. The Labute approximate surface area is 120 Å². The quantitative estimate of drug-likeness (QED) is 0.571. The predicted octanol–water partition coefficient (Wildman–Crippen LogP) is 2.96. The number of nitrogens with zero attached hydrogens (tertiary/aromatic N) is 3. The summed E-state index contributed by atoms with van der Waals surface area (Å²) < 4.78 is 2.05. The second kappa shape index (κ2) is 5.58. The van der Waals surface area contributed by atoms with Gasteiger partial charge in [-0.3, -0.25) is 5.43 Å². The van der Waals surface area contributed by atoms with Gasteiger partial charge in [0.15, 0.2) is 0 Å². The average Bonchev–Trinajstić information content (AvgIpc) is 3.11. The van der Waals surface area contributed by atoms with Gasteiger partial charge in [-0.25, -0.2) is 4.98 Å². The van der Waals surface area contributed by atoms with Crippen molar-refractivity contribution < 1.29 is 0 Å².